The molecule has 33 valence electrons. The molecule has 0 aromatic heterocycles. The molecule has 1 radical (unpaired) electrons. The Labute approximate surface area is 30.5 Å². The molecule has 0 aromatic carbocycles. The van der Waals surface area contributed by atoms with E-state index in [1.165, 1.54) is 0 Å². The van der Waals surface area contributed by atoms with Crippen molar-refractivity contribution in [1.82, 2.24) is 0 Å². The zero-order valence-corrected chi connectivity index (χ0v) is 2.94. The van der Waals surface area contributed by atoms with Crippen molar-refractivity contribution in [2.45, 2.75) is 0 Å². The molecule has 4 nitrogen and oxygen atoms in total. The van der Waals surface area contributed by atoms with Crippen LogP contribution in [-0.2, 0) is 10.4 Å². The first-order valence-corrected chi connectivity index (χ1v) is 2.10. The van der Waals surface area contributed by atoms with E-state index >= 15 is 0 Å². The standard InChI is InChI=1S/H2O4S.H/c1-5(2,3)4;/h(H2,1,2,3,4);/i;1+1. The summed E-state index contributed by atoms with van der Waals surface area (Å²) in [5.74, 6) is 0. The molecule has 0 rings (SSSR count). The second-order valence-electron chi connectivity index (χ2n) is 0.448. The highest BCUT2D eigenvalue weighted by Gasteiger charge is 1.84. The van der Waals surface area contributed by atoms with Crippen molar-refractivity contribution in [3.8, 4) is 0 Å². The zero-order valence-electron chi connectivity index (χ0n) is 3.12. The first-order valence-electron chi connectivity index (χ1n) is 0.698. The zero-order chi connectivity index (χ0) is 4.50. The van der Waals surface area contributed by atoms with E-state index in [1.807, 2.05) is 0 Å². The van der Waals surface area contributed by atoms with Gasteiger partial charge >= 0.3 is 10.4 Å². The van der Waals surface area contributed by atoms with E-state index in [0.29, 0.717) is 0 Å². The van der Waals surface area contributed by atoms with Crippen molar-refractivity contribution in [1.29, 1.82) is 0 Å². The lowest BCUT2D eigenvalue weighted by molar-refractivity contribution is 0.381. The topological polar surface area (TPSA) is 74.6 Å². The van der Waals surface area contributed by atoms with E-state index in [0.717, 1.165) is 0 Å². The molecule has 0 saturated carbocycles. The third-order valence-corrected chi connectivity index (χ3v) is 0. The summed E-state index contributed by atoms with van der Waals surface area (Å²) in [6.45, 7) is 0. The first kappa shape index (κ1) is 4.87. The number of hydrogen-bond acceptors (Lipinski definition) is 2. The van der Waals surface area contributed by atoms with Crippen LogP contribution in [0.25, 0.3) is 0 Å². The average molecular weight is 100 g/mol. The lowest BCUT2D eigenvalue weighted by atomic mass is 15.8. The molecule has 0 saturated heterocycles. The predicted octanol–water partition coefficient (Wildman–Crippen LogP) is -0.540. The van der Waals surface area contributed by atoms with Crippen molar-refractivity contribution in [3.05, 3.63) is 0 Å². The highest BCUT2D eigenvalue weighted by molar-refractivity contribution is 7.79. The molecule has 0 spiro atoms. The van der Waals surface area contributed by atoms with Gasteiger partial charge in [-0.15, -0.1) is 0 Å². The van der Waals surface area contributed by atoms with Gasteiger partial charge in [-0.3, -0.25) is 9.11 Å². The van der Waals surface area contributed by atoms with Gasteiger partial charge in [0.25, 0.3) is 0 Å². The third-order valence-electron chi connectivity index (χ3n) is 0. The van der Waals surface area contributed by atoms with E-state index in [1.54, 1.807) is 0 Å². The Kier molecular flexibility index (Phi) is 0.901. The van der Waals surface area contributed by atoms with Crippen molar-refractivity contribution >= 4 is 10.4 Å². The maximum atomic E-state index is 8.74. The smallest absolute Gasteiger partial charge is 0.264 e. The van der Waals surface area contributed by atoms with Crippen LogP contribution in [0.1, 0.15) is 1.43 Å². The van der Waals surface area contributed by atoms with Gasteiger partial charge in [-0.1, -0.05) is 0 Å². The van der Waals surface area contributed by atoms with Gasteiger partial charge in [0, 0.05) is 1.43 Å². The van der Waals surface area contributed by atoms with Gasteiger partial charge in [-0.05, 0) is 0 Å². The highest BCUT2D eigenvalue weighted by atomic mass is 32.3. The summed E-state index contributed by atoms with van der Waals surface area (Å²) in [5.41, 5.74) is 0. The Morgan fingerprint density at radius 3 is 1.40 bits per heavy atom. The first-order chi connectivity index (χ1) is 2.00. The fourth-order valence-corrected chi connectivity index (χ4v) is 0. The van der Waals surface area contributed by atoms with Gasteiger partial charge < -0.3 is 0 Å². The molecule has 0 amide bonds. The Hall–Kier alpha value is -0.130. The normalized spacial score (nSPS) is 11.6. The fraction of sp³-hybridized carbons (Fsp3) is 0. The molecule has 0 aliphatic heterocycles. The summed E-state index contributed by atoms with van der Waals surface area (Å²) in [6.07, 6.45) is 0. The SMILES string of the molecule is O=S(=O)(O)O.[2H]. The average Bonchev–Trinajstić information content (AvgIpc) is 0.722. The molecule has 0 aliphatic carbocycles. The minimum Gasteiger partial charge on any atom is -0.264 e. The molecule has 0 bridgehead atoms. The largest absolute Gasteiger partial charge is 0.394 e. The van der Waals surface area contributed by atoms with Crippen molar-refractivity contribution in [2.75, 3.05) is 0 Å². The minimum atomic E-state index is -4.67. The Balaban J connectivity index is 0. The van der Waals surface area contributed by atoms with Crippen LogP contribution < -0.4 is 0 Å². The Morgan fingerprint density at radius 1 is 1.40 bits per heavy atom. The van der Waals surface area contributed by atoms with E-state index in [-0.39, 0.29) is 1.43 Å². The van der Waals surface area contributed by atoms with E-state index in [9.17, 15) is 0 Å². The molecule has 0 atom stereocenters. The molecular formula is H3O4S. The second kappa shape index (κ2) is 0.925. The summed E-state index contributed by atoms with van der Waals surface area (Å²) in [5, 5.41) is 0. The summed E-state index contributed by atoms with van der Waals surface area (Å²) >= 11 is 0. The molecule has 0 heterocycles. The van der Waals surface area contributed by atoms with Crippen LogP contribution >= 0.6 is 0 Å². The van der Waals surface area contributed by atoms with Crippen LogP contribution in [-0.4, -0.2) is 17.5 Å². The van der Waals surface area contributed by atoms with Crippen LogP contribution in [0.3, 0.4) is 0 Å². The molecular weight excluding hydrogens is 96.1 g/mol. The fourth-order valence-electron chi connectivity index (χ4n) is 0. The van der Waals surface area contributed by atoms with Crippen LogP contribution in [0.15, 0.2) is 0 Å². The lowest BCUT2D eigenvalue weighted by Crippen LogP contribution is -1.89. The van der Waals surface area contributed by atoms with Gasteiger partial charge in [-0.25, -0.2) is 0 Å². The van der Waals surface area contributed by atoms with E-state index in [2.05, 4.69) is 0 Å². The third kappa shape index (κ3) is 801. The Morgan fingerprint density at radius 2 is 1.40 bits per heavy atom. The minimum absolute atomic E-state index is 0. The van der Waals surface area contributed by atoms with Gasteiger partial charge in [-0.2, -0.15) is 8.42 Å². The van der Waals surface area contributed by atoms with Gasteiger partial charge in [0.15, 0.2) is 0 Å². The Bertz CT molecular complexity index is 90.7. The van der Waals surface area contributed by atoms with Crippen LogP contribution in [0.4, 0.5) is 0 Å². The van der Waals surface area contributed by atoms with Crippen molar-refractivity contribution in [3.63, 3.8) is 0 Å². The van der Waals surface area contributed by atoms with Gasteiger partial charge in [0.2, 0.25) is 0 Å². The van der Waals surface area contributed by atoms with Crippen LogP contribution in [0.2, 0.25) is 0 Å². The lowest BCUT2D eigenvalue weighted by Gasteiger charge is -1.68. The molecule has 0 unspecified atom stereocenters. The van der Waals surface area contributed by atoms with E-state index < -0.39 is 10.4 Å². The predicted molar refractivity (Wildman–Crippen MR) is 15.3 cm³/mol. The van der Waals surface area contributed by atoms with Gasteiger partial charge in [0.05, 0.1) is 0 Å². The molecule has 0 fully saturated rings. The van der Waals surface area contributed by atoms with Crippen molar-refractivity contribution in [2.24, 2.45) is 0 Å². The second-order valence-corrected chi connectivity index (χ2v) is 1.34. The molecule has 0 aliphatic rings. The maximum Gasteiger partial charge on any atom is 0.394 e. The summed E-state index contributed by atoms with van der Waals surface area (Å²) in [4.78, 5) is 0. The summed E-state index contributed by atoms with van der Waals surface area (Å²) in [7, 11) is -4.67. The maximum absolute atomic E-state index is 8.74. The molecule has 0 aromatic rings. The van der Waals surface area contributed by atoms with Crippen LogP contribution in [0, 0.1) is 0 Å². The molecule has 2 N–H and O–H groups in total. The van der Waals surface area contributed by atoms with Gasteiger partial charge in [0.1, 0.15) is 0 Å². The summed E-state index contributed by atoms with van der Waals surface area (Å²) < 4.78 is 31.6. The quantitative estimate of drug-likeness (QED) is 0.401. The van der Waals surface area contributed by atoms with Crippen molar-refractivity contribution < 1.29 is 18.9 Å². The summed E-state index contributed by atoms with van der Waals surface area (Å²) in [6, 6.07) is 0. The number of rotatable bonds is 0. The molecule has 5 heavy (non-hydrogen) atoms. The van der Waals surface area contributed by atoms with E-state index in [4.69, 9.17) is 17.5 Å². The number of hydrogen-bond donors (Lipinski definition) is 2. The highest BCUT2D eigenvalue weighted by Crippen LogP contribution is 1.59. The monoisotopic (exact) mass is 100.0 g/mol. The van der Waals surface area contributed by atoms with Crippen LogP contribution in [0.5, 0.6) is 0 Å². The molecule has 5 heteroatoms.